The van der Waals surface area contributed by atoms with E-state index in [0.717, 1.165) is 57.0 Å². The van der Waals surface area contributed by atoms with Gasteiger partial charge in [-0.3, -0.25) is 4.79 Å². The number of furan rings is 1. The van der Waals surface area contributed by atoms with Crippen LogP contribution in [0.3, 0.4) is 0 Å². The Morgan fingerprint density at radius 1 is 1.14 bits per heavy atom. The molecule has 5 heteroatoms. The van der Waals surface area contributed by atoms with Crippen molar-refractivity contribution in [3.8, 4) is 5.75 Å². The van der Waals surface area contributed by atoms with Crippen LogP contribution in [0, 0.1) is 6.92 Å². The number of benzene rings is 1. The fourth-order valence-corrected chi connectivity index (χ4v) is 3.64. The van der Waals surface area contributed by atoms with Gasteiger partial charge < -0.3 is 19.4 Å². The summed E-state index contributed by atoms with van der Waals surface area (Å²) in [5.41, 5.74) is 1.49. The molecule has 0 saturated carbocycles. The van der Waals surface area contributed by atoms with E-state index >= 15 is 0 Å². The highest BCUT2D eigenvalue weighted by Crippen LogP contribution is 2.24. The van der Waals surface area contributed by atoms with Gasteiger partial charge in [-0.05, 0) is 61.4 Å². The second-order valence-corrected chi connectivity index (χ2v) is 8.98. The average molecular weight is 399 g/mol. The summed E-state index contributed by atoms with van der Waals surface area (Å²) >= 11 is 0. The number of amides is 1. The second-order valence-electron chi connectivity index (χ2n) is 8.98. The Hall–Kier alpha value is -2.27. The molecule has 1 aliphatic heterocycles. The normalized spacial score (nSPS) is 16.0. The van der Waals surface area contributed by atoms with E-state index in [2.05, 4.69) is 55.3 Å². The number of hydrogen-bond donors (Lipinski definition) is 1. The number of nitrogens with zero attached hydrogens (tertiary/aromatic N) is 1. The summed E-state index contributed by atoms with van der Waals surface area (Å²) in [5, 5.41) is 3.09. The minimum Gasteiger partial charge on any atom is -0.494 e. The van der Waals surface area contributed by atoms with E-state index < -0.39 is 0 Å². The standard InChI is InChI=1S/C24H34N2O3/c1-18-6-11-22(29-18)23(27)25-20-12-15-26(16-13-20)14-5-17-28-21-9-7-19(8-10-21)24(2,3)4/h6-11,20H,5,12-17H2,1-4H3,(H,25,27). The van der Waals surface area contributed by atoms with Crippen molar-refractivity contribution in [2.75, 3.05) is 26.2 Å². The molecule has 0 bridgehead atoms. The number of aryl methyl sites for hydroxylation is 1. The van der Waals surface area contributed by atoms with Gasteiger partial charge in [0.05, 0.1) is 6.61 Å². The lowest BCUT2D eigenvalue weighted by atomic mass is 9.87. The lowest BCUT2D eigenvalue weighted by Crippen LogP contribution is -2.44. The van der Waals surface area contributed by atoms with Crippen LogP contribution in [0.15, 0.2) is 40.8 Å². The number of ether oxygens (including phenoxy) is 1. The van der Waals surface area contributed by atoms with Crippen LogP contribution in [0.1, 0.15) is 61.9 Å². The van der Waals surface area contributed by atoms with Crippen molar-refractivity contribution >= 4 is 5.91 Å². The molecule has 1 saturated heterocycles. The molecule has 29 heavy (non-hydrogen) atoms. The van der Waals surface area contributed by atoms with Crippen molar-refractivity contribution in [2.24, 2.45) is 0 Å². The lowest BCUT2D eigenvalue weighted by molar-refractivity contribution is 0.0880. The molecular weight excluding hydrogens is 364 g/mol. The van der Waals surface area contributed by atoms with Crippen LogP contribution in [0.4, 0.5) is 0 Å². The number of nitrogens with one attached hydrogen (secondary N) is 1. The summed E-state index contributed by atoms with van der Waals surface area (Å²) in [6, 6.07) is 12.2. The zero-order valence-corrected chi connectivity index (χ0v) is 18.2. The molecule has 0 radical (unpaired) electrons. The summed E-state index contributed by atoms with van der Waals surface area (Å²) in [6.45, 7) is 12.3. The maximum atomic E-state index is 12.2. The first-order valence-electron chi connectivity index (χ1n) is 10.6. The molecule has 0 aliphatic carbocycles. The van der Waals surface area contributed by atoms with E-state index in [9.17, 15) is 4.79 Å². The van der Waals surface area contributed by atoms with Crippen LogP contribution in [-0.4, -0.2) is 43.1 Å². The molecule has 0 atom stereocenters. The van der Waals surface area contributed by atoms with Crippen LogP contribution in [0.2, 0.25) is 0 Å². The molecule has 0 unspecified atom stereocenters. The Kier molecular flexibility index (Phi) is 7.01. The van der Waals surface area contributed by atoms with Gasteiger partial charge in [0.2, 0.25) is 0 Å². The van der Waals surface area contributed by atoms with Gasteiger partial charge in [-0.25, -0.2) is 0 Å². The van der Waals surface area contributed by atoms with E-state index in [1.807, 2.05) is 13.0 Å². The largest absolute Gasteiger partial charge is 0.494 e. The van der Waals surface area contributed by atoms with Crippen LogP contribution in [0.25, 0.3) is 0 Å². The topological polar surface area (TPSA) is 54.7 Å². The molecule has 1 aromatic heterocycles. The molecular formula is C24H34N2O3. The molecule has 1 aromatic carbocycles. The monoisotopic (exact) mass is 398 g/mol. The second kappa shape index (κ2) is 9.49. The molecule has 1 aliphatic rings. The van der Waals surface area contributed by atoms with E-state index in [-0.39, 0.29) is 17.4 Å². The molecule has 1 N–H and O–H groups in total. The number of carbonyl (C=O) groups is 1. The Morgan fingerprint density at radius 3 is 2.41 bits per heavy atom. The highest BCUT2D eigenvalue weighted by atomic mass is 16.5. The molecule has 1 fully saturated rings. The minimum absolute atomic E-state index is 0.109. The van der Waals surface area contributed by atoms with E-state index in [0.29, 0.717) is 5.76 Å². The van der Waals surface area contributed by atoms with Crippen molar-refractivity contribution in [3.05, 3.63) is 53.5 Å². The van der Waals surface area contributed by atoms with Gasteiger partial charge in [0.15, 0.2) is 5.76 Å². The zero-order valence-electron chi connectivity index (χ0n) is 18.2. The SMILES string of the molecule is Cc1ccc(C(=O)NC2CCN(CCCOc3ccc(C(C)(C)C)cc3)CC2)o1. The van der Waals surface area contributed by atoms with E-state index in [4.69, 9.17) is 9.15 Å². The molecule has 0 spiro atoms. The smallest absolute Gasteiger partial charge is 0.287 e. The van der Waals surface area contributed by atoms with Gasteiger partial charge in [-0.15, -0.1) is 0 Å². The summed E-state index contributed by atoms with van der Waals surface area (Å²) in [6.07, 6.45) is 2.95. The highest BCUT2D eigenvalue weighted by Gasteiger charge is 2.22. The van der Waals surface area contributed by atoms with Crippen molar-refractivity contribution in [1.29, 1.82) is 0 Å². The number of piperidine rings is 1. The van der Waals surface area contributed by atoms with Gasteiger partial charge in [0, 0.05) is 25.7 Å². The fraction of sp³-hybridized carbons (Fsp3) is 0.542. The van der Waals surface area contributed by atoms with Gasteiger partial charge in [0.25, 0.3) is 5.91 Å². The quantitative estimate of drug-likeness (QED) is 0.695. The van der Waals surface area contributed by atoms with Gasteiger partial charge >= 0.3 is 0 Å². The Balaban J connectivity index is 1.31. The summed E-state index contributed by atoms with van der Waals surface area (Å²) in [4.78, 5) is 14.6. The maximum Gasteiger partial charge on any atom is 0.287 e. The van der Waals surface area contributed by atoms with Crippen LogP contribution >= 0.6 is 0 Å². The van der Waals surface area contributed by atoms with Crippen LogP contribution in [0.5, 0.6) is 5.75 Å². The number of rotatable bonds is 7. The fourth-order valence-electron chi connectivity index (χ4n) is 3.64. The maximum absolute atomic E-state index is 12.2. The van der Waals surface area contributed by atoms with E-state index in [1.54, 1.807) is 6.07 Å². The zero-order chi connectivity index (χ0) is 20.9. The predicted octanol–water partition coefficient (Wildman–Crippen LogP) is 4.55. The van der Waals surface area contributed by atoms with Crippen molar-refractivity contribution < 1.29 is 13.9 Å². The third-order valence-corrected chi connectivity index (χ3v) is 5.49. The Bertz CT molecular complexity index is 781. The summed E-state index contributed by atoms with van der Waals surface area (Å²) in [7, 11) is 0. The van der Waals surface area contributed by atoms with Crippen molar-refractivity contribution in [3.63, 3.8) is 0 Å². The Labute approximate surface area is 174 Å². The van der Waals surface area contributed by atoms with Gasteiger partial charge in [0.1, 0.15) is 11.5 Å². The van der Waals surface area contributed by atoms with E-state index in [1.165, 1.54) is 5.56 Å². The third-order valence-electron chi connectivity index (χ3n) is 5.49. The minimum atomic E-state index is -0.109. The molecule has 5 nitrogen and oxygen atoms in total. The van der Waals surface area contributed by atoms with Gasteiger partial charge in [-0.1, -0.05) is 32.9 Å². The number of likely N-dealkylation sites (tertiary alicyclic amines) is 1. The third kappa shape index (κ3) is 6.36. The predicted molar refractivity (Wildman–Crippen MR) is 116 cm³/mol. The van der Waals surface area contributed by atoms with Crippen molar-refractivity contribution in [2.45, 2.75) is 58.4 Å². The molecule has 2 heterocycles. The average Bonchev–Trinajstić information content (AvgIpc) is 3.13. The first kappa shape index (κ1) is 21.4. The Morgan fingerprint density at radius 2 is 1.83 bits per heavy atom. The van der Waals surface area contributed by atoms with Crippen LogP contribution in [-0.2, 0) is 5.41 Å². The van der Waals surface area contributed by atoms with Gasteiger partial charge in [-0.2, -0.15) is 0 Å². The van der Waals surface area contributed by atoms with Crippen molar-refractivity contribution in [1.82, 2.24) is 10.2 Å². The summed E-state index contributed by atoms with van der Waals surface area (Å²) in [5.74, 6) is 1.99. The number of carbonyl (C=O) groups excluding carboxylic acids is 1. The first-order chi connectivity index (χ1) is 13.8. The molecule has 2 aromatic rings. The molecule has 1 amide bonds. The van der Waals surface area contributed by atoms with Crippen LogP contribution < -0.4 is 10.1 Å². The molecule has 3 rings (SSSR count). The molecule has 158 valence electrons. The highest BCUT2D eigenvalue weighted by molar-refractivity contribution is 5.91. The lowest BCUT2D eigenvalue weighted by Gasteiger charge is -2.32. The summed E-state index contributed by atoms with van der Waals surface area (Å²) < 4.78 is 11.3. The number of hydrogen-bond acceptors (Lipinski definition) is 4. The first-order valence-corrected chi connectivity index (χ1v) is 10.6.